The molecular weight excluding hydrogens is 228 g/mol. The number of anilines is 1. The molecular formula is C13H20N4O. The van der Waals surface area contributed by atoms with Gasteiger partial charge in [0.05, 0.1) is 12.4 Å². The number of aromatic nitrogens is 2. The highest BCUT2D eigenvalue weighted by molar-refractivity contribution is 5.92. The monoisotopic (exact) mass is 248 g/mol. The quantitative estimate of drug-likeness (QED) is 0.863. The Bertz CT molecular complexity index is 412. The average Bonchev–Trinajstić information content (AvgIpc) is 3.19. The number of nitrogens with one attached hydrogen (secondary N) is 1. The lowest BCUT2D eigenvalue weighted by Crippen LogP contribution is -2.36. The largest absolute Gasteiger partial charge is 0.372 e. The summed E-state index contributed by atoms with van der Waals surface area (Å²) in [5.74, 6) is 1.15. The summed E-state index contributed by atoms with van der Waals surface area (Å²) in [6.07, 6.45) is 5.36. The van der Waals surface area contributed by atoms with E-state index in [1.165, 1.54) is 0 Å². The Balaban J connectivity index is 2.11. The molecule has 0 aromatic carbocycles. The molecule has 1 N–H and O–H groups in total. The lowest BCUT2D eigenvalue weighted by atomic mass is 10.2. The van der Waals surface area contributed by atoms with Crippen molar-refractivity contribution >= 4 is 11.7 Å². The molecule has 18 heavy (non-hydrogen) atoms. The van der Waals surface area contributed by atoms with Gasteiger partial charge in [0.25, 0.3) is 5.91 Å². The van der Waals surface area contributed by atoms with E-state index in [1.807, 2.05) is 4.90 Å². The van der Waals surface area contributed by atoms with Gasteiger partial charge in [-0.1, -0.05) is 13.8 Å². The highest BCUT2D eigenvalue weighted by atomic mass is 16.2. The van der Waals surface area contributed by atoms with Crippen LogP contribution in [0.25, 0.3) is 0 Å². The third-order valence-electron chi connectivity index (χ3n) is 2.94. The maximum atomic E-state index is 12.4. The first-order valence-electron chi connectivity index (χ1n) is 6.42. The fourth-order valence-electron chi connectivity index (χ4n) is 1.89. The Morgan fingerprint density at radius 2 is 2.17 bits per heavy atom. The number of amides is 1. The normalized spacial score (nSPS) is 14.7. The third kappa shape index (κ3) is 2.97. The molecule has 0 radical (unpaired) electrons. The van der Waals surface area contributed by atoms with Crippen molar-refractivity contribution in [2.45, 2.75) is 32.7 Å². The molecule has 1 amide bonds. The van der Waals surface area contributed by atoms with E-state index in [1.54, 1.807) is 19.4 Å². The third-order valence-corrected chi connectivity index (χ3v) is 2.94. The van der Waals surface area contributed by atoms with Crippen LogP contribution in [0.4, 0.5) is 5.82 Å². The van der Waals surface area contributed by atoms with Gasteiger partial charge in [0.2, 0.25) is 0 Å². The molecule has 1 aliphatic carbocycles. The summed E-state index contributed by atoms with van der Waals surface area (Å²) in [7, 11) is 1.78. The minimum Gasteiger partial charge on any atom is -0.372 e. The summed E-state index contributed by atoms with van der Waals surface area (Å²) in [4.78, 5) is 22.6. The lowest BCUT2D eigenvalue weighted by molar-refractivity contribution is 0.0716. The summed E-state index contributed by atoms with van der Waals surface area (Å²) in [5, 5.41) is 2.89. The van der Waals surface area contributed by atoms with Crippen molar-refractivity contribution in [1.29, 1.82) is 0 Å². The van der Waals surface area contributed by atoms with Gasteiger partial charge in [0, 0.05) is 19.6 Å². The zero-order chi connectivity index (χ0) is 13.1. The number of carbonyl (C=O) groups is 1. The number of nitrogens with zero attached hydrogens (tertiary/aromatic N) is 3. The fraction of sp³-hybridized carbons (Fsp3) is 0.615. The molecule has 2 rings (SSSR count). The SMILES string of the molecule is CNc1cnc(C(=O)N(CC(C)C)C2CC2)cn1. The van der Waals surface area contributed by atoms with Crippen LogP contribution in [-0.2, 0) is 0 Å². The summed E-state index contributed by atoms with van der Waals surface area (Å²) in [6.45, 7) is 5.04. The molecule has 1 fully saturated rings. The van der Waals surface area contributed by atoms with Crippen LogP contribution in [0.15, 0.2) is 12.4 Å². The van der Waals surface area contributed by atoms with E-state index in [4.69, 9.17) is 0 Å². The molecule has 5 nitrogen and oxygen atoms in total. The fourth-order valence-corrected chi connectivity index (χ4v) is 1.89. The van der Waals surface area contributed by atoms with Crippen LogP contribution >= 0.6 is 0 Å². The number of hydrogen-bond acceptors (Lipinski definition) is 4. The van der Waals surface area contributed by atoms with Crippen molar-refractivity contribution in [2.75, 3.05) is 18.9 Å². The maximum absolute atomic E-state index is 12.4. The van der Waals surface area contributed by atoms with Gasteiger partial charge in [-0.05, 0) is 18.8 Å². The van der Waals surface area contributed by atoms with Crippen LogP contribution < -0.4 is 5.32 Å². The topological polar surface area (TPSA) is 58.1 Å². The molecule has 98 valence electrons. The first kappa shape index (κ1) is 12.8. The van der Waals surface area contributed by atoms with Crippen molar-refractivity contribution in [3.05, 3.63) is 18.1 Å². The van der Waals surface area contributed by atoms with Gasteiger partial charge in [0.15, 0.2) is 0 Å². The summed E-state index contributed by atoms with van der Waals surface area (Å²) in [6, 6.07) is 0.408. The Morgan fingerprint density at radius 3 is 2.61 bits per heavy atom. The molecule has 0 bridgehead atoms. The van der Waals surface area contributed by atoms with Crippen molar-refractivity contribution in [1.82, 2.24) is 14.9 Å². The van der Waals surface area contributed by atoms with E-state index in [2.05, 4.69) is 29.1 Å². The summed E-state index contributed by atoms with van der Waals surface area (Å²) >= 11 is 0. The Hall–Kier alpha value is -1.65. The summed E-state index contributed by atoms with van der Waals surface area (Å²) < 4.78 is 0. The minimum atomic E-state index is 0.00125. The van der Waals surface area contributed by atoms with E-state index >= 15 is 0 Å². The second-order valence-electron chi connectivity index (χ2n) is 5.12. The molecule has 0 spiro atoms. The maximum Gasteiger partial charge on any atom is 0.274 e. The lowest BCUT2D eigenvalue weighted by Gasteiger charge is -2.23. The predicted octanol–water partition coefficient (Wildman–Crippen LogP) is 1.78. The van der Waals surface area contributed by atoms with E-state index in [9.17, 15) is 4.79 Å². The molecule has 5 heteroatoms. The van der Waals surface area contributed by atoms with Gasteiger partial charge in [-0.2, -0.15) is 0 Å². The van der Waals surface area contributed by atoms with Gasteiger partial charge in [-0.3, -0.25) is 4.79 Å². The van der Waals surface area contributed by atoms with E-state index in [0.29, 0.717) is 23.5 Å². The van der Waals surface area contributed by atoms with Crippen LogP contribution in [0.3, 0.4) is 0 Å². The van der Waals surface area contributed by atoms with Crippen molar-refractivity contribution in [2.24, 2.45) is 5.92 Å². The molecule has 1 aromatic rings. The zero-order valence-corrected chi connectivity index (χ0v) is 11.2. The molecule has 0 aliphatic heterocycles. The molecule has 1 aliphatic rings. The van der Waals surface area contributed by atoms with Crippen molar-refractivity contribution < 1.29 is 4.79 Å². The van der Waals surface area contributed by atoms with Gasteiger partial charge in [-0.25, -0.2) is 9.97 Å². The number of rotatable bonds is 5. The second-order valence-corrected chi connectivity index (χ2v) is 5.12. The van der Waals surface area contributed by atoms with Crippen LogP contribution in [0, 0.1) is 5.92 Å². The van der Waals surface area contributed by atoms with E-state index < -0.39 is 0 Å². The highest BCUT2D eigenvalue weighted by Gasteiger charge is 2.33. The van der Waals surface area contributed by atoms with Crippen LogP contribution in [0.5, 0.6) is 0 Å². The second kappa shape index (κ2) is 5.33. The van der Waals surface area contributed by atoms with Crippen LogP contribution in [-0.4, -0.2) is 40.4 Å². The summed E-state index contributed by atoms with van der Waals surface area (Å²) in [5.41, 5.74) is 0.432. The van der Waals surface area contributed by atoms with Crippen molar-refractivity contribution in [3.8, 4) is 0 Å². The molecule has 0 unspecified atom stereocenters. The van der Waals surface area contributed by atoms with E-state index in [-0.39, 0.29) is 5.91 Å². The van der Waals surface area contributed by atoms with Crippen LogP contribution in [0.2, 0.25) is 0 Å². The molecule has 1 saturated carbocycles. The smallest absolute Gasteiger partial charge is 0.274 e. The molecule has 1 heterocycles. The van der Waals surface area contributed by atoms with Gasteiger partial charge in [0.1, 0.15) is 11.5 Å². The Kier molecular flexibility index (Phi) is 3.79. The van der Waals surface area contributed by atoms with Crippen LogP contribution in [0.1, 0.15) is 37.2 Å². The molecule has 0 saturated heterocycles. The first-order valence-corrected chi connectivity index (χ1v) is 6.42. The number of carbonyl (C=O) groups excluding carboxylic acids is 1. The van der Waals surface area contributed by atoms with Crippen molar-refractivity contribution in [3.63, 3.8) is 0 Å². The Morgan fingerprint density at radius 1 is 1.44 bits per heavy atom. The average molecular weight is 248 g/mol. The highest BCUT2D eigenvalue weighted by Crippen LogP contribution is 2.28. The standard InChI is InChI=1S/C13H20N4O/c1-9(2)8-17(10-4-5-10)13(18)11-6-16-12(14-3)7-15-11/h6-7,9-10H,4-5,8H2,1-3H3,(H,14,16). The van der Waals surface area contributed by atoms with E-state index in [0.717, 1.165) is 19.4 Å². The first-order chi connectivity index (χ1) is 8.61. The molecule has 0 atom stereocenters. The number of hydrogen-bond donors (Lipinski definition) is 1. The van der Waals surface area contributed by atoms with Gasteiger partial charge < -0.3 is 10.2 Å². The Labute approximate surface area is 108 Å². The predicted molar refractivity (Wildman–Crippen MR) is 70.5 cm³/mol. The molecule has 1 aromatic heterocycles. The zero-order valence-electron chi connectivity index (χ0n) is 11.2. The minimum absolute atomic E-state index is 0.00125. The van der Waals surface area contributed by atoms with Gasteiger partial charge in [-0.15, -0.1) is 0 Å². The van der Waals surface area contributed by atoms with Gasteiger partial charge >= 0.3 is 0 Å².